The molecule has 1 heterocycles. The molecule has 8 nitrogen and oxygen atoms in total. The standard InChI is InChI=1S/C13H14N4O4/c1-20-11-4-3-10(17(18)19)6-12(11)21-8-9-2-5-13(16-14)15-7-9/h2-7H,8,14H2,1H3,(H,15,16). The molecule has 2 rings (SSSR count). The van der Waals surface area contributed by atoms with Crippen molar-refractivity contribution in [1.29, 1.82) is 0 Å². The van der Waals surface area contributed by atoms with Crippen LogP contribution in [0.25, 0.3) is 0 Å². The van der Waals surface area contributed by atoms with Crippen molar-refractivity contribution in [2.75, 3.05) is 12.5 Å². The van der Waals surface area contributed by atoms with Crippen LogP contribution in [-0.4, -0.2) is 17.0 Å². The number of nitro groups is 1. The fourth-order valence-corrected chi connectivity index (χ4v) is 1.65. The van der Waals surface area contributed by atoms with Gasteiger partial charge in [-0.05, 0) is 12.1 Å². The molecule has 0 fully saturated rings. The zero-order chi connectivity index (χ0) is 15.2. The molecule has 1 aromatic carbocycles. The summed E-state index contributed by atoms with van der Waals surface area (Å²) in [6.45, 7) is 0.204. The molecule has 0 unspecified atom stereocenters. The van der Waals surface area contributed by atoms with Crippen LogP contribution in [0.5, 0.6) is 11.5 Å². The summed E-state index contributed by atoms with van der Waals surface area (Å²) < 4.78 is 10.7. The summed E-state index contributed by atoms with van der Waals surface area (Å²) in [4.78, 5) is 14.3. The summed E-state index contributed by atoms with van der Waals surface area (Å²) in [5.41, 5.74) is 3.15. The van der Waals surface area contributed by atoms with Gasteiger partial charge in [-0.15, -0.1) is 0 Å². The molecule has 0 aliphatic rings. The van der Waals surface area contributed by atoms with Crippen LogP contribution in [0.1, 0.15) is 5.56 Å². The van der Waals surface area contributed by atoms with Gasteiger partial charge in [-0.3, -0.25) is 10.1 Å². The number of anilines is 1. The topological polar surface area (TPSA) is 113 Å². The van der Waals surface area contributed by atoms with E-state index in [0.29, 0.717) is 17.3 Å². The van der Waals surface area contributed by atoms with Crippen LogP contribution in [0.3, 0.4) is 0 Å². The number of hydrogen-bond donors (Lipinski definition) is 2. The van der Waals surface area contributed by atoms with Crippen molar-refractivity contribution in [2.24, 2.45) is 5.84 Å². The van der Waals surface area contributed by atoms with Gasteiger partial charge in [0.05, 0.1) is 18.1 Å². The van der Waals surface area contributed by atoms with Crippen molar-refractivity contribution in [3.8, 4) is 11.5 Å². The highest BCUT2D eigenvalue weighted by Crippen LogP contribution is 2.31. The molecule has 0 atom stereocenters. The minimum atomic E-state index is -0.491. The molecule has 0 spiro atoms. The summed E-state index contributed by atoms with van der Waals surface area (Å²) in [5, 5.41) is 10.8. The van der Waals surface area contributed by atoms with Gasteiger partial charge >= 0.3 is 0 Å². The summed E-state index contributed by atoms with van der Waals surface area (Å²) in [5.74, 6) is 6.48. The van der Waals surface area contributed by atoms with Gasteiger partial charge in [0, 0.05) is 17.8 Å². The van der Waals surface area contributed by atoms with Crippen LogP contribution in [0.4, 0.5) is 11.5 Å². The number of benzene rings is 1. The van der Waals surface area contributed by atoms with E-state index in [1.807, 2.05) is 0 Å². The third-order valence-corrected chi connectivity index (χ3v) is 2.72. The minimum Gasteiger partial charge on any atom is -0.493 e. The highest BCUT2D eigenvalue weighted by molar-refractivity contribution is 5.48. The monoisotopic (exact) mass is 290 g/mol. The third-order valence-electron chi connectivity index (χ3n) is 2.72. The molecule has 1 aromatic heterocycles. The van der Waals surface area contributed by atoms with Crippen LogP contribution in [-0.2, 0) is 6.61 Å². The van der Waals surface area contributed by atoms with Crippen molar-refractivity contribution < 1.29 is 14.4 Å². The highest BCUT2D eigenvalue weighted by Gasteiger charge is 2.12. The third kappa shape index (κ3) is 3.57. The Kier molecular flexibility index (Phi) is 4.52. The Bertz CT molecular complexity index is 631. The molecule has 0 amide bonds. The number of non-ortho nitro benzene ring substituents is 1. The smallest absolute Gasteiger partial charge is 0.273 e. The number of rotatable bonds is 6. The molecule has 0 radical (unpaired) electrons. The first-order valence-corrected chi connectivity index (χ1v) is 6.01. The largest absolute Gasteiger partial charge is 0.493 e. The van der Waals surface area contributed by atoms with E-state index in [-0.39, 0.29) is 12.3 Å². The molecule has 110 valence electrons. The average molecular weight is 290 g/mol. The maximum Gasteiger partial charge on any atom is 0.273 e. The van der Waals surface area contributed by atoms with Crippen molar-refractivity contribution in [3.63, 3.8) is 0 Å². The first-order valence-electron chi connectivity index (χ1n) is 6.01. The quantitative estimate of drug-likeness (QED) is 0.474. The van der Waals surface area contributed by atoms with E-state index in [2.05, 4.69) is 10.4 Å². The fraction of sp³-hybridized carbons (Fsp3) is 0.154. The van der Waals surface area contributed by atoms with E-state index >= 15 is 0 Å². The van der Waals surface area contributed by atoms with Crippen LogP contribution >= 0.6 is 0 Å². The molecule has 0 saturated heterocycles. The molecular formula is C13H14N4O4. The second-order valence-corrected chi connectivity index (χ2v) is 4.08. The lowest BCUT2D eigenvalue weighted by molar-refractivity contribution is -0.385. The maximum absolute atomic E-state index is 10.8. The van der Waals surface area contributed by atoms with Crippen molar-refractivity contribution in [2.45, 2.75) is 6.61 Å². The number of ether oxygens (including phenoxy) is 2. The molecule has 8 heteroatoms. The molecular weight excluding hydrogens is 276 g/mol. The summed E-state index contributed by atoms with van der Waals surface area (Å²) in [6.07, 6.45) is 1.60. The zero-order valence-electron chi connectivity index (χ0n) is 11.3. The number of nitrogens with two attached hydrogens (primary N) is 1. The summed E-state index contributed by atoms with van der Waals surface area (Å²) >= 11 is 0. The van der Waals surface area contributed by atoms with Gasteiger partial charge in [-0.1, -0.05) is 6.07 Å². The lowest BCUT2D eigenvalue weighted by atomic mass is 10.2. The Hall–Kier alpha value is -2.87. The van der Waals surface area contributed by atoms with E-state index in [0.717, 1.165) is 5.56 Å². The van der Waals surface area contributed by atoms with Crippen LogP contribution in [0, 0.1) is 10.1 Å². The highest BCUT2D eigenvalue weighted by atomic mass is 16.6. The normalized spacial score (nSPS) is 10.0. The van der Waals surface area contributed by atoms with E-state index < -0.39 is 4.92 Å². The van der Waals surface area contributed by atoms with Crippen molar-refractivity contribution in [3.05, 3.63) is 52.2 Å². The molecule has 3 N–H and O–H groups in total. The van der Waals surface area contributed by atoms with Crippen LogP contribution < -0.4 is 20.7 Å². The molecule has 0 aliphatic heterocycles. The van der Waals surface area contributed by atoms with Crippen molar-refractivity contribution >= 4 is 11.5 Å². The number of hydrazine groups is 1. The Morgan fingerprint density at radius 1 is 1.33 bits per heavy atom. The van der Waals surface area contributed by atoms with Gasteiger partial charge in [-0.2, -0.15) is 0 Å². The number of pyridine rings is 1. The van der Waals surface area contributed by atoms with Crippen molar-refractivity contribution in [1.82, 2.24) is 4.98 Å². The number of nitro benzene ring substituents is 1. The number of hydrogen-bond acceptors (Lipinski definition) is 7. The van der Waals surface area contributed by atoms with Gasteiger partial charge < -0.3 is 14.9 Å². The van der Waals surface area contributed by atoms with E-state index in [9.17, 15) is 10.1 Å². The van der Waals surface area contributed by atoms with E-state index in [1.54, 1.807) is 18.3 Å². The minimum absolute atomic E-state index is 0.0633. The predicted molar refractivity (Wildman–Crippen MR) is 76.0 cm³/mol. The number of methoxy groups -OCH3 is 1. The molecule has 0 aliphatic carbocycles. The molecule has 0 bridgehead atoms. The van der Waals surface area contributed by atoms with E-state index in [4.69, 9.17) is 15.3 Å². The average Bonchev–Trinajstić information content (AvgIpc) is 2.53. The number of aromatic nitrogens is 1. The second kappa shape index (κ2) is 6.53. The van der Waals surface area contributed by atoms with Crippen LogP contribution in [0.15, 0.2) is 36.5 Å². The van der Waals surface area contributed by atoms with Gasteiger partial charge in [0.25, 0.3) is 5.69 Å². The first-order chi connectivity index (χ1) is 10.1. The Morgan fingerprint density at radius 2 is 2.14 bits per heavy atom. The SMILES string of the molecule is COc1ccc([N+](=O)[O-])cc1OCc1ccc(NN)nc1. The van der Waals surface area contributed by atoms with Gasteiger partial charge in [-0.25, -0.2) is 10.8 Å². The Morgan fingerprint density at radius 3 is 2.71 bits per heavy atom. The van der Waals surface area contributed by atoms with Gasteiger partial charge in [0.1, 0.15) is 12.4 Å². The maximum atomic E-state index is 10.8. The number of nitrogen functional groups attached to an aromatic ring is 1. The van der Waals surface area contributed by atoms with Crippen LogP contribution in [0.2, 0.25) is 0 Å². The summed E-state index contributed by atoms with van der Waals surface area (Å²) in [7, 11) is 1.47. The van der Waals surface area contributed by atoms with Gasteiger partial charge in [0.2, 0.25) is 0 Å². The number of nitrogens with one attached hydrogen (secondary N) is 1. The Balaban J connectivity index is 2.13. The predicted octanol–water partition coefficient (Wildman–Crippen LogP) is 1.86. The zero-order valence-corrected chi connectivity index (χ0v) is 11.3. The van der Waals surface area contributed by atoms with E-state index in [1.165, 1.54) is 25.3 Å². The summed E-state index contributed by atoms with van der Waals surface area (Å²) in [6, 6.07) is 7.65. The lowest BCUT2D eigenvalue weighted by Gasteiger charge is -2.10. The fourth-order valence-electron chi connectivity index (χ4n) is 1.65. The molecule has 21 heavy (non-hydrogen) atoms. The molecule has 2 aromatic rings. The Labute approximate surface area is 120 Å². The molecule has 0 saturated carbocycles. The second-order valence-electron chi connectivity index (χ2n) is 4.08. The lowest BCUT2D eigenvalue weighted by Crippen LogP contribution is -2.08. The number of nitrogens with zero attached hydrogens (tertiary/aromatic N) is 2. The first kappa shape index (κ1) is 14.5. The van der Waals surface area contributed by atoms with Gasteiger partial charge in [0.15, 0.2) is 11.5 Å².